The number of amides is 1. The van der Waals surface area contributed by atoms with Crippen molar-refractivity contribution in [2.45, 2.75) is 38.6 Å². The first-order valence-corrected chi connectivity index (χ1v) is 9.28. The molecular formula is C12H19BrN2O3S2. The van der Waals surface area contributed by atoms with Crippen LogP contribution in [0.4, 0.5) is 0 Å². The molecule has 0 bridgehead atoms. The lowest BCUT2D eigenvalue weighted by Gasteiger charge is -2.20. The first kappa shape index (κ1) is 17.6. The highest BCUT2D eigenvalue weighted by Gasteiger charge is 2.28. The Labute approximate surface area is 132 Å². The molecule has 1 amide bonds. The van der Waals surface area contributed by atoms with E-state index in [1.165, 1.54) is 15.6 Å². The van der Waals surface area contributed by atoms with Crippen LogP contribution in [0.3, 0.4) is 0 Å². The second-order valence-electron chi connectivity index (χ2n) is 4.62. The molecule has 0 saturated carbocycles. The Morgan fingerprint density at radius 1 is 1.50 bits per heavy atom. The largest absolute Gasteiger partial charge is 0.353 e. The number of hydrogen-bond donors (Lipinski definition) is 1. The van der Waals surface area contributed by atoms with Crippen LogP contribution in [0, 0.1) is 6.92 Å². The molecule has 5 nitrogen and oxygen atoms in total. The van der Waals surface area contributed by atoms with Gasteiger partial charge in [-0.05, 0) is 42.8 Å². The molecule has 1 aromatic rings. The maximum Gasteiger partial charge on any atom is 0.244 e. The van der Waals surface area contributed by atoms with Gasteiger partial charge in [0.25, 0.3) is 0 Å². The van der Waals surface area contributed by atoms with Gasteiger partial charge in [-0.25, -0.2) is 8.42 Å². The molecule has 114 valence electrons. The minimum absolute atomic E-state index is 0.0130. The van der Waals surface area contributed by atoms with Crippen molar-refractivity contribution >= 4 is 43.2 Å². The van der Waals surface area contributed by atoms with E-state index in [4.69, 9.17) is 0 Å². The van der Waals surface area contributed by atoms with E-state index in [-0.39, 0.29) is 29.9 Å². The molecule has 1 aromatic heterocycles. The Kier molecular flexibility index (Phi) is 6.18. The Balaban J connectivity index is 2.99. The number of rotatable bonds is 6. The number of nitrogens with one attached hydrogen (secondary N) is 1. The fourth-order valence-corrected chi connectivity index (χ4v) is 5.51. The standard InChI is InChI=1S/C12H19BrN2O3S2/c1-5-15(7-12(16)14-8(2)3)20(17,18)10-6-11(13)19-9(10)4/h6,8H,5,7H2,1-4H3,(H,14,16). The summed E-state index contributed by atoms with van der Waals surface area (Å²) in [6.45, 7) is 7.23. The number of likely N-dealkylation sites (N-methyl/N-ethyl adjacent to an activating group) is 1. The Hall–Kier alpha value is -0.440. The zero-order chi connectivity index (χ0) is 15.5. The quantitative estimate of drug-likeness (QED) is 0.820. The van der Waals surface area contributed by atoms with Crippen molar-refractivity contribution in [2.24, 2.45) is 0 Å². The van der Waals surface area contributed by atoms with E-state index in [9.17, 15) is 13.2 Å². The van der Waals surface area contributed by atoms with E-state index in [0.717, 1.165) is 3.79 Å². The summed E-state index contributed by atoms with van der Waals surface area (Å²) in [6.07, 6.45) is 0. The fraction of sp³-hybridized carbons (Fsp3) is 0.583. The van der Waals surface area contributed by atoms with Crippen molar-refractivity contribution in [3.05, 3.63) is 14.7 Å². The van der Waals surface area contributed by atoms with Crippen LogP contribution in [0.25, 0.3) is 0 Å². The summed E-state index contributed by atoms with van der Waals surface area (Å²) < 4.78 is 27.0. The Bertz CT molecular complexity index is 582. The number of hydrogen-bond acceptors (Lipinski definition) is 4. The molecule has 8 heteroatoms. The Morgan fingerprint density at radius 3 is 2.50 bits per heavy atom. The van der Waals surface area contributed by atoms with Gasteiger partial charge in [0.05, 0.1) is 15.2 Å². The van der Waals surface area contributed by atoms with Gasteiger partial charge in [0.1, 0.15) is 0 Å². The summed E-state index contributed by atoms with van der Waals surface area (Å²) in [7, 11) is -3.64. The van der Waals surface area contributed by atoms with Gasteiger partial charge in [-0.1, -0.05) is 6.92 Å². The van der Waals surface area contributed by atoms with Gasteiger partial charge in [-0.3, -0.25) is 4.79 Å². The third kappa shape index (κ3) is 4.28. The molecule has 0 saturated heterocycles. The fourth-order valence-electron chi connectivity index (χ4n) is 1.72. The molecule has 0 spiro atoms. The Morgan fingerprint density at radius 2 is 2.10 bits per heavy atom. The number of halogens is 1. The molecule has 0 aliphatic heterocycles. The maximum absolute atomic E-state index is 12.6. The molecule has 1 rings (SSSR count). The van der Waals surface area contributed by atoms with Crippen LogP contribution in [0.1, 0.15) is 25.6 Å². The lowest BCUT2D eigenvalue weighted by molar-refractivity contribution is -0.121. The average Bonchev–Trinajstić information content (AvgIpc) is 2.64. The highest BCUT2D eigenvalue weighted by molar-refractivity contribution is 9.11. The zero-order valence-corrected chi connectivity index (χ0v) is 15.2. The lowest BCUT2D eigenvalue weighted by Crippen LogP contribution is -2.42. The van der Waals surface area contributed by atoms with Gasteiger partial charge in [0.15, 0.2) is 0 Å². The molecule has 20 heavy (non-hydrogen) atoms. The maximum atomic E-state index is 12.6. The van der Waals surface area contributed by atoms with Crippen molar-refractivity contribution < 1.29 is 13.2 Å². The topological polar surface area (TPSA) is 66.5 Å². The number of aryl methyl sites for hydroxylation is 1. The van der Waals surface area contributed by atoms with E-state index in [1.807, 2.05) is 13.8 Å². The van der Waals surface area contributed by atoms with Gasteiger partial charge in [-0.15, -0.1) is 11.3 Å². The highest BCUT2D eigenvalue weighted by atomic mass is 79.9. The van der Waals surface area contributed by atoms with Crippen LogP contribution in [-0.2, 0) is 14.8 Å². The van der Waals surface area contributed by atoms with E-state index < -0.39 is 10.0 Å². The zero-order valence-electron chi connectivity index (χ0n) is 11.9. The van der Waals surface area contributed by atoms with Gasteiger partial charge in [0, 0.05) is 17.5 Å². The van der Waals surface area contributed by atoms with Crippen LogP contribution in [0.2, 0.25) is 0 Å². The molecule has 0 atom stereocenters. The molecule has 0 aliphatic rings. The summed E-state index contributed by atoms with van der Waals surface area (Å²) in [6, 6.07) is 1.57. The second kappa shape index (κ2) is 7.02. The molecule has 1 N–H and O–H groups in total. The van der Waals surface area contributed by atoms with Crippen LogP contribution < -0.4 is 5.32 Å². The number of nitrogens with zero attached hydrogens (tertiary/aromatic N) is 1. The molecular weight excluding hydrogens is 364 g/mol. The lowest BCUT2D eigenvalue weighted by atomic mass is 10.4. The minimum atomic E-state index is -3.64. The van der Waals surface area contributed by atoms with Crippen molar-refractivity contribution in [1.29, 1.82) is 0 Å². The van der Waals surface area contributed by atoms with Gasteiger partial charge in [0.2, 0.25) is 15.9 Å². The molecule has 0 radical (unpaired) electrons. The summed E-state index contributed by atoms with van der Waals surface area (Å²) in [5.74, 6) is -0.294. The van der Waals surface area contributed by atoms with Crippen molar-refractivity contribution in [3.8, 4) is 0 Å². The average molecular weight is 383 g/mol. The SMILES string of the molecule is CCN(CC(=O)NC(C)C)S(=O)(=O)c1cc(Br)sc1C. The normalized spacial score (nSPS) is 12.2. The monoisotopic (exact) mass is 382 g/mol. The number of thiophene rings is 1. The van der Waals surface area contributed by atoms with E-state index in [1.54, 1.807) is 19.9 Å². The van der Waals surface area contributed by atoms with Crippen LogP contribution in [-0.4, -0.2) is 37.8 Å². The molecule has 0 fully saturated rings. The highest BCUT2D eigenvalue weighted by Crippen LogP contribution is 2.31. The molecule has 0 aliphatic carbocycles. The summed E-state index contributed by atoms with van der Waals surface area (Å²) in [5, 5.41) is 2.70. The van der Waals surface area contributed by atoms with Crippen LogP contribution >= 0.6 is 27.3 Å². The number of carbonyl (C=O) groups excluding carboxylic acids is 1. The third-order valence-electron chi connectivity index (χ3n) is 2.58. The predicted molar refractivity (Wildman–Crippen MR) is 84.5 cm³/mol. The van der Waals surface area contributed by atoms with Gasteiger partial charge >= 0.3 is 0 Å². The first-order chi connectivity index (χ1) is 9.18. The van der Waals surface area contributed by atoms with E-state index in [2.05, 4.69) is 21.2 Å². The second-order valence-corrected chi connectivity index (χ2v) is 9.17. The van der Waals surface area contributed by atoms with Crippen molar-refractivity contribution in [2.75, 3.05) is 13.1 Å². The third-order valence-corrected chi connectivity index (χ3v) is 6.31. The minimum Gasteiger partial charge on any atom is -0.353 e. The summed E-state index contributed by atoms with van der Waals surface area (Å²) in [5.41, 5.74) is 0. The van der Waals surface area contributed by atoms with Gasteiger partial charge < -0.3 is 5.32 Å². The molecule has 0 unspecified atom stereocenters. The van der Waals surface area contributed by atoms with E-state index in [0.29, 0.717) is 4.88 Å². The predicted octanol–water partition coefficient (Wildman–Crippen LogP) is 2.35. The number of sulfonamides is 1. The van der Waals surface area contributed by atoms with Crippen molar-refractivity contribution in [1.82, 2.24) is 9.62 Å². The van der Waals surface area contributed by atoms with Crippen molar-refractivity contribution in [3.63, 3.8) is 0 Å². The smallest absolute Gasteiger partial charge is 0.244 e. The van der Waals surface area contributed by atoms with Gasteiger partial charge in [-0.2, -0.15) is 4.31 Å². The van der Waals surface area contributed by atoms with Crippen LogP contribution in [0.15, 0.2) is 14.7 Å². The number of carbonyl (C=O) groups is 1. The first-order valence-electron chi connectivity index (χ1n) is 6.24. The summed E-state index contributed by atoms with van der Waals surface area (Å²) >= 11 is 4.65. The summed E-state index contributed by atoms with van der Waals surface area (Å²) in [4.78, 5) is 12.7. The molecule has 0 aromatic carbocycles. The molecule has 1 heterocycles. The van der Waals surface area contributed by atoms with Crippen LogP contribution in [0.5, 0.6) is 0 Å². The van der Waals surface area contributed by atoms with E-state index >= 15 is 0 Å².